The summed E-state index contributed by atoms with van der Waals surface area (Å²) in [6.45, 7) is 7.13. The van der Waals surface area contributed by atoms with Crippen molar-refractivity contribution in [3.8, 4) is 11.1 Å². The molecule has 0 fully saturated rings. The molecule has 0 unspecified atom stereocenters. The lowest BCUT2D eigenvalue weighted by Gasteiger charge is -2.32. The maximum absolute atomic E-state index is 12.7. The van der Waals surface area contributed by atoms with Crippen molar-refractivity contribution in [2.45, 2.75) is 39.3 Å². The van der Waals surface area contributed by atoms with Crippen LogP contribution in [0.5, 0.6) is 0 Å². The van der Waals surface area contributed by atoms with Crippen molar-refractivity contribution in [1.82, 2.24) is 0 Å². The molecule has 0 aliphatic rings. The van der Waals surface area contributed by atoms with E-state index in [0.717, 1.165) is 16.8 Å². The van der Waals surface area contributed by atoms with Gasteiger partial charge < -0.3 is 9.84 Å². The molecule has 0 bridgehead atoms. The van der Waals surface area contributed by atoms with Gasteiger partial charge in [-0.1, -0.05) is 48.5 Å². The Bertz CT molecular complexity index is 677. The average Bonchev–Trinajstić information content (AvgIpc) is 2.54. The first-order valence-corrected chi connectivity index (χ1v) is 8.11. The zero-order chi connectivity index (χ0) is 17.7. The summed E-state index contributed by atoms with van der Waals surface area (Å²) in [6.07, 6.45) is -0.465. The summed E-state index contributed by atoms with van der Waals surface area (Å²) in [5.74, 6) is 0. The first-order chi connectivity index (χ1) is 11.3. The van der Waals surface area contributed by atoms with E-state index in [1.165, 1.54) is 4.90 Å². The molecule has 2 aromatic carbocycles. The zero-order valence-corrected chi connectivity index (χ0v) is 14.7. The fraction of sp³-hybridized carbons (Fsp3) is 0.350. The van der Waals surface area contributed by atoms with Gasteiger partial charge in [0.25, 0.3) is 0 Å². The minimum absolute atomic E-state index is 0.150. The summed E-state index contributed by atoms with van der Waals surface area (Å²) in [7, 11) is 0. The van der Waals surface area contributed by atoms with Gasteiger partial charge in [-0.15, -0.1) is 0 Å². The molecule has 0 radical (unpaired) electrons. The molecule has 1 N–H and O–H groups in total. The lowest BCUT2D eigenvalue weighted by Crippen LogP contribution is -2.44. The number of anilines is 1. The minimum atomic E-state index is -0.605. The highest BCUT2D eigenvalue weighted by atomic mass is 16.6. The molecule has 4 nitrogen and oxygen atoms in total. The van der Waals surface area contributed by atoms with Crippen molar-refractivity contribution in [3.05, 3.63) is 54.6 Å². The molecule has 2 aromatic rings. The smallest absolute Gasteiger partial charge is 0.415 e. The highest BCUT2D eigenvalue weighted by molar-refractivity contribution is 5.94. The van der Waals surface area contributed by atoms with Crippen LogP contribution in [0.4, 0.5) is 10.5 Å². The van der Waals surface area contributed by atoms with E-state index in [-0.39, 0.29) is 6.61 Å². The van der Waals surface area contributed by atoms with Gasteiger partial charge in [-0.3, -0.25) is 4.90 Å². The predicted octanol–water partition coefficient (Wildman–Crippen LogP) is 4.48. The quantitative estimate of drug-likeness (QED) is 0.901. The summed E-state index contributed by atoms with van der Waals surface area (Å²) in [6, 6.07) is 17.1. The lowest BCUT2D eigenvalue weighted by molar-refractivity contribution is 0.0555. The number of rotatable bonds is 4. The Balaban J connectivity index is 2.50. The van der Waals surface area contributed by atoms with Crippen molar-refractivity contribution < 1.29 is 14.6 Å². The third-order valence-electron chi connectivity index (χ3n) is 3.54. The number of nitrogens with zero attached hydrogens (tertiary/aromatic N) is 1. The molecule has 0 saturated heterocycles. The second-order valence-corrected chi connectivity index (χ2v) is 6.77. The van der Waals surface area contributed by atoms with Crippen molar-refractivity contribution in [3.63, 3.8) is 0 Å². The van der Waals surface area contributed by atoms with E-state index in [1.54, 1.807) is 6.92 Å². The Morgan fingerprint density at radius 3 is 2.25 bits per heavy atom. The van der Waals surface area contributed by atoms with Crippen LogP contribution in [0, 0.1) is 0 Å². The third kappa shape index (κ3) is 4.36. The molecular weight excluding hydrogens is 302 g/mol. The Labute approximate surface area is 143 Å². The second kappa shape index (κ2) is 7.49. The largest absolute Gasteiger partial charge is 0.443 e. The van der Waals surface area contributed by atoms with E-state index in [0.29, 0.717) is 0 Å². The number of hydrogen-bond donors (Lipinski definition) is 1. The fourth-order valence-electron chi connectivity index (χ4n) is 2.45. The predicted molar refractivity (Wildman–Crippen MR) is 97.1 cm³/mol. The van der Waals surface area contributed by atoms with Crippen LogP contribution in [-0.4, -0.2) is 29.4 Å². The molecule has 1 atom stereocenters. The Morgan fingerprint density at radius 2 is 1.67 bits per heavy atom. The van der Waals surface area contributed by atoms with Crippen molar-refractivity contribution in [1.29, 1.82) is 0 Å². The fourth-order valence-corrected chi connectivity index (χ4v) is 2.45. The third-order valence-corrected chi connectivity index (χ3v) is 3.54. The van der Waals surface area contributed by atoms with E-state index in [9.17, 15) is 9.90 Å². The van der Waals surface area contributed by atoms with Crippen LogP contribution in [0.2, 0.25) is 0 Å². The number of carbonyl (C=O) groups is 1. The monoisotopic (exact) mass is 327 g/mol. The van der Waals surface area contributed by atoms with E-state index >= 15 is 0 Å². The van der Waals surface area contributed by atoms with Gasteiger partial charge in [-0.2, -0.15) is 0 Å². The number of hydrogen-bond acceptors (Lipinski definition) is 3. The second-order valence-electron chi connectivity index (χ2n) is 6.77. The number of carbonyl (C=O) groups excluding carboxylic acids is 1. The molecule has 0 aliphatic heterocycles. The molecular formula is C20H25NO3. The summed E-state index contributed by atoms with van der Waals surface area (Å²) in [5, 5.41) is 9.63. The Morgan fingerprint density at radius 1 is 1.08 bits per heavy atom. The van der Waals surface area contributed by atoms with E-state index in [4.69, 9.17) is 4.74 Å². The highest BCUT2D eigenvalue weighted by Crippen LogP contribution is 2.32. The Hall–Kier alpha value is -2.33. The van der Waals surface area contributed by atoms with Crippen LogP contribution in [0.25, 0.3) is 11.1 Å². The number of aliphatic hydroxyl groups is 1. The van der Waals surface area contributed by atoms with Gasteiger partial charge in [0.1, 0.15) is 5.60 Å². The summed E-state index contributed by atoms with van der Waals surface area (Å²) in [4.78, 5) is 14.3. The van der Waals surface area contributed by atoms with Crippen LogP contribution in [0.15, 0.2) is 54.6 Å². The first-order valence-electron chi connectivity index (χ1n) is 8.11. The molecule has 4 heteroatoms. The number of aliphatic hydroxyl groups excluding tert-OH is 1. The SMILES string of the molecule is C[C@@H](CO)N(C(=O)OC(C)(C)C)c1ccccc1-c1ccccc1. The number of ether oxygens (including phenoxy) is 1. The summed E-state index contributed by atoms with van der Waals surface area (Å²) >= 11 is 0. The topological polar surface area (TPSA) is 49.8 Å². The number of para-hydroxylation sites is 1. The van der Waals surface area contributed by atoms with Crippen LogP contribution >= 0.6 is 0 Å². The molecule has 0 heterocycles. The minimum Gasteiger partial charge on any atom is -0.443 e. The molecule has 2 rings (SSSR count). The maximum Gasteiger partial charge on any atom is 0.415 e. The van der Waals surface area contributed by atoms with Crippen LogP contribution < -0.4 is 4.90 Å². The van der Waals surface area contributed by atoms with Crippen molar-refractivity contribution in [2.24, 2.45) is 0 Å². The normalized spacial score (nSPS) is 12.5. The van der Waals surface area contributed by atoms with Gasteiger partial charge in [0.05, 0.1) is 18.3 Å². The van der Waals surface area contributed by atoms with Crippen molar-refractivity contribution >= 4 is 11.8 Å². The van der Waals surface area contributed by atoms with E-state index in [2.05, 4.69) is 0 Å². The van der Waals surface area contributed by atoms with Crippen LogP contribution in [-0.2, 0) is 4.74 Å². The number of amides is 1. The Kier molecular flexibility index (Phi) is 5.62. The molecule has 0 spiro atoms. The molecule has 128 valence electrons. The highest BCUT2D eigenvalue weighted by Gasteiger charge is 2.28. The standard InChI is InChI=1S/C20H25NO3/c1-15(14-22)21(19(23)24-20(2,3)4)18-13-9-8-12-17(18)16-10-6-5-7-11-16/h5-13,15,22H,14H2,1-4H3/t15-/m0/s1. The first kappa shape index (κ1) is 18.0. The summed E-state index contributed by atoms with van der Waals surface area (Å²) in [5.41, 5.74) is 2.04. The maximum atomic E-state index is 12.7. The van der Waals surface area contributed by atoms with Crippen LogP contribution in [0.3, 0.4) is 0 Å². The number of benzene rings is 2. The molecule has 0 aliphatic carbocycles. The zero-order valence-electron chi connectivity index (χ0n) is 14.7. The van der Waals surface area contributed by atoms with Gasteiger partial charge >= 0.3 is 6.09 Å². The van der Waals surface area contributed by atoms with Gasteiger partial charge in [-0.05, 0) is 39.3 Å². The van der Waals surface area contributed by atoms with Gasteiger partial charge in [0.2, 0.25) is 0 Å². The molecule has 0 saturated carbocycles. The molecule has 24 heavy (non-hydrogen) atoms. The lowest BCUT2D eigenvalue weighted by atomic mass is 10.0. The van der Waals surface area contributed by atoms with Crippen molar-refractivity contribution in [2.75, 3.05) is 11.5 Å². The van der Waals surface area contributed by atoms with Gasteiger partial charge in [-0.25, -0.2) is 4.79 Å². The van der Waals surface area contributed by atoms with Gasteiger partial charge in [0, 0.05) is 5.56 Å². The van der Waals surface area contributed by atoms with Gasteiger partial charge in [0.15, 0.2) is 0 Å². The summed E-state index contributed by atoms with van der Waals surface area (Å²) < 4.78 is 5.54. The van der Waals surface area contributed by atoms with E-state index < -0.39 is 17.7 Å². The molecule has 0 aromatic heterocycles. The van der Waals surface area contributed by atoms with Crippen LogP contribution in [0.1, 0.15) is 27.7 Å². The van der Waals surface area contributed by atoms with E-state index in [1.807, 2.05) is 75.4 Å². The average molecular weight is 327 g/mol. The molecule has 1 amide bonds.